The van der Waals surface area contributed by atoms with Gasteiger partial charge in [-0.3, -0.25) is 4.79 Å². The van der Waals surface area contributed by atoms with Crippen molar-refractivity contribution in [2.75, 3.05) is 13.1 Å². The second kappa shape index (κ2) is 6.25. The molecule has 4 nitrogen and oxygen atoms in total. The van der Waals surface area contributed by atoms with E-state index in [0.29, 0.717) is 11.6 Å². The highest BCUT2D eigenvalue weighted by Crippen LogP contribution is 2.34. The van der Waals surface area contributed by atoms with Crippen LogP contribution in [0.25, 0.3) is 21.1 Å². The fourth-order valence-electron chi connectivity index (χ4n) is 3.75. The molecule has 26 heavy (non-hydrogen) atoms. The van der Waals surface area contributed by atoms with E-state index in [1.807, 2.05) is 41.3 Å². The minimum absolute atomic E-state index is 0.101. The molecule has 130 valence electrons. The van der Waals surface area contributed by atoms with Gasteiger partial charge in [0.05, 0.1) is 15.2 Å². The number of carbonyl (C=O) groups excluding carboxylic acids is 1. The number of piperidine rings is 1. The summed E-state index contributed by atoms with van der Waals surface area (Å²) in [6.45, 7) is 1.57. The molecule has 5 heteroatoms. The number of carbonyl (C=O) groups is 1. The highest BCUT2D eigenvalue weighted by molar-refractivity contribution is 7.18. The van der Waals surface area contributed by atoms with Crippen molar-refractivity contribution in [1.29, 1.82) is 0 Å². The normalized spacial score (nSPS) is 15.8. The summed E-state index contributed by atoms with van der Waals surface area (Å²) in [6, 6.07) is 18.3. The summed E-state index contributed by atoms with van der Waals surface area (Å²) in [5.41, 5.74) is 2.79. The molecule has 1 fully saturated rings. The summed E-state index contributed by atoms with van der Waals surface area (Å²) in [7, 11) is 0. The number of H-pyrrole nitrogens is 1. The standard InChI is InChI=1S/C21H19N3OS/c25-21(18-13-15-5-1-2-6-16(15)22-18)24-11-9-14(10-12-24)20-23-17-7-3-4-8-19(17)26-20/h1-8,13-14,22H,9-12H2. The molecule has 1 aliphatic rings. The van der Waals surface area contributed by atoms with Gasteiger partial charge in [0, 0.05) is 29.9 Å². The van der Waals surface area contributed by atoms with Crippen molar-refractivity contribution in [1.82, 2.24) is 14.9 Å². The number of fused-ring (bicyclic) bond motifs is 2. The van der Waals surface area contributed by atoms with Gasteiger partial charge in [0.15, 0.2) is 0 Å². The first-order valence-corrected chi connectivity index (χ1v) is 9.82. The van der Waals surface area contributed by atoms with Crippen molar-refractivity contribution in [3.8, 4) is 0 Å². The smallest absolute Gasteiger partial charge is 0.270 e. The second-order valence-electron chi connectivity index (χ2n) is 6.86. The number of para-hydroxylation sites is 2. The number of nitrogens with one attached hydrogen (secondary N) is 1. The molecule has 2 aromatic heterocycles. The predicted molar refractivity (Wildman–Crippen MR) is 106 cm³/mol. The summed E-state index contributed by atoms with van der Waals surface area (Å²) < 4.78 is 1.25. The maximum absolute atomic E-state index is 12.8. The van der Waals surface area contributed by atoms with Gasteiger partial charge in [0.1, 0.15) is 5.69 Å². The van der Waals surface area contributed by atoms with E-state index >= 15 is 0 Å². The number of amides is 1. The van der Waals surface area contributed by atoms with Gasteiger partial charge >= 0.3 is 0 Å². The SMILES string of the molecule is O=C(c1cc2ccccc2[nH]1)N1CCC(c2nc3ccccc3s2)CC1. The first kappa shape index (κ1) is 15.6. The van der Waals surface area contributed by atoms with Crippen LogP contribution >= 0.6 is 11.3 Å². The van der Waals surface area contributed by atoms with Gasteiger partial charge in [-0.05, 0) is 37.1 Å². The number of thiazole rings is 1. The number of benzene rings is 2. The second-order valence-corrected chi connectivity index (χ2v) is 7.92. The largest absolute Gasteiger partial charge is 0.351 e. The number of likely N-dealkylation sites (tertiary alicyclic amines) is 1. The van der Waals surface area contributed by atoms with Crippen LogP contribution in [0.4, 0.5) is 0 Å². The number of nitrogens with zero attached hydrogens (tertiary/aromatic N) is 2. The average molecular weight is 361 g/mol. The van der Waals surface area contributed by atoms with Crippen LogP contribution in [0.3, 0.4) is 0 Å². The van der Waals surface area contributed by atoms with Crippen molar-refractivity contribution < 1.29 is 4.79 Å². The van der Waals surface area contributed by atoms with Crippen LogP contribution in [0.5, 0.6) is 0 Å². The van der Waals surface area contributed by atoms with E-state index in [0.717, 1.165) is 42.4 Å². The summed E-state index contributed by atoms with van der Waals surface area (Å²) in [5, 5.41) is 2.30. The Hall–Kier alpha value is -2.66. The predicted octanol–water partition coefficient (Wildman–Crippen LogP) is 4.80. The number of hydrogen-bond donors (Lipinski definition) is 1. The molecule has 3 heterocycles. The molecule has 0 unspecified atom stereocenters. The Bertz CT molecular complexity index is 1020. The Morgan fingerprint density at radius 3 is 2.65 bits per heavy atom. The molecule has 1 saturated heterocycles. The molecule has 0 radical (unpaired) electrons. The van der Waals surface area contributed by atoms with E-state index in [1.165, 1.54) is 9.71 Å². The molecule has 1 N–H and O–H groups in total. The lowest BCUT2D eigenvalue weighted by Crippen LogP contribution is -2.38. The molecule has 1 amide bonds. The van der Waals surface area contributed by atoms with Gasteiger partial charge in [-0.2, -0.15) is 0 Å². The van der Waals surface area contributed by atoms with Crippen molar-refractivity contribution in [3.63, 3.8) is 0 Å². The molecule has 0 aliphatic carbocycles. The lowest BCUT2D eigenvalue weighted by molar-refractivity contribution is 0.0708. The maximum atomic E-state index is 12.8. The fraction of sp³-hybridized carbons (Fsp3) is 0.238. The number of rotatable bonds is 2. The number of aromatic amines is 1. The lowest BCUT2D eigenvalue weighted by atomic mass is 9.97. The van der Waals surface area contributed by atoms with Crippen LogP contribution < -0.4 is 0 Å². The first-order chi connectivity index (χ1) is 12.8. The molecule has 0 spiro atoms. The molecule has 2 aromatic carbocycles. The Balaban J connectivity index is 1.31. The third kappa shape index (κ3) is 2.69. The molecule has 0 saturated carbocycles. The number of aromatic nitrogens is 2. The molecule has 5 rings (SSSR count). The van der Waals surface area contributed by atoms with E-state index < -0.39 is 0 Å². The third-order valence-electron chi connectivity index (χ3n) is 5.20. The van der Waals surface area contributed by atoms with Crippen molar-refractivity contribution in [3.05, 3.63) is 65.3 Å². The quantitative estimate of drug-likeness (QED) is 0.558. The zero-order chi connectivity index (χ0) is 17.5. The molecule has 0 bridgehead atoms. The average Bonchev–Trinajstić information content (AvgIpc) is 3.31. The maximum Gasteiger partial charge on any atom is 0.270 e. The van der Waals surface area contributed by atoms with E-state index in [4.69, 9.17) is 4.98 Å². The van der Waals surface area contributed by atoms with E-state index in [2.05, 4.69) is 23.2 Å². The summed E-state index contributed by atoms with van der Waals surface area (Å²) in [4.78, 5) is 22.9. The monoisotopic (exact) mass is 361 g/mol. The number of hydrogen-bond acceptors (Lipinski definition) is 3. The Kier molecular flexibility index (Phi) is 3.75. The van der Waals surface area contributed by atoms with Crippen LogP contribution in [0.2, 0.25) is 0 Å². The minimum Gasteiger partial charge on any atom is -0.351 e. The van der Waals surface area contributed by atoms with Crippen molar-refractivity contribution >= 4 is 38.4 Å². The Labute approximate surface area is 155 Å². The molecular weight excluding hydrogens is 342 g/mol. The highest BCUT2D eigenvalue weighted by atomic mass is 32.1. The Morgan fingerprint density at radius 2 is 1.85 bits per heavy atom. The topological polar surface area (TPSA) is 49.0 Å². The van der Waals surface area contributed by atoms with Gasteiger partial charge in [-0.1, -0.05) is 30.3 Å². The zero-order valence-electron chi connectivity index (χ0n) is 14.3. The summed E-state index contributed by atoms with van der Waals surface area (Å²) in [5.74, 6) is 0.558. The van der Waals surface area contributed by atoms with Gasteiger partial charge in [0.25, 0.3) is 5.91 Å². The summed E-state index contributed by atoms with van der Waals surface area (Å²) >= 11 is 1.79. The molecule has 0 atom stereocenters. The van der Waals surface area contributed by atoms with E-state index in [9.17, 15) is 4.79 Å². The van der Waals surface area contributed by atoms with E-state index in [-0.39, 0.29) is 5.91 Å². The van der Waals surface area contributed by atoms with Gasteiger partial charge in [-0.25, -0.2) is 4.98 Å². The van der Waals surface area contributed by atoms with Crippen molar-refractivity contribution in [2.24, 2.45) is 0 Å². The molecular formula is C21H19N3OS. The highest BCUT2D eigenvalue weighted by Gasteiger charge is 2.27. The van der Waals surface area contributed by atoms with Crippen LogP contribution in [-0.2, 0) is 0 Å². The van der Waals surface area contributed by atoms with E-state index in [1.54, 1.807) is 11.3 Å². The van der Waals surface area contributed by atoms with Crippen LogP contribution in [0.15, 0.2) is 54.6 Å². The minimum atomic E-state index is 0.101. The lowest BCUT2D eigenvalue weighted by Gasteiger charge is -2.30. The first-order valence-electron chi connectivity index (χ1n) is 9.00. The zero-order valence-corrected chi connectivity index (χ0v) is 15.1. The van der Waals surface area contributed by atoms with Crippen LogP contribution in [0.1, 0.15) is 34.3 Å². The summed E-state index contributed by atoms with van der Waals surface area (Å²) in [6.07, 6.45) is 1.96. The van der Waals surface area contributed by atoms with Crippen LogP contribution in [0, 0.1) is 0 Å². The Morgan fingerprint density at radius 1 is 1.08 bits per heavy atom. The third-order valence-corrected chi connectivity index (χ3v) is 6.40. The fourth-order valence-corrected chi connectivity index (χ4v) is 4.89. The van der Waals surface area contributed by atoms with Crippen LogP contribution in [-0.4, -0.2) is 33.9 Å². The molecule has 1 aliphatic heterocycles. The van der Waals surface area contributed by atoms with Gasteiger partial charge in [-0.15, -0.1) is 11.3 Å². The van der Waals surface area contributed by atoms with Gasteiger partial charge < -0.3 is 9.88 Å². The van der Waals surface area contributed by atoms with Crippen molar-refractivity contribution in [2.45, 2.75) is 18.8 Å². The van der Waals surface area contributed by atoms with Gasteiger partial charge in [0.2, 0.25) is 0 Å². The molecule has 4 aromatic rings.